The van der Waals surface area contributed by atoms with E-state index in [4.69, 9.17) is 0 Å². The minimum atomic E-state index is 0.826. The third-order valence-corrected chi connectivity index (χ3v) is 2.93. The first-order valence-electron chi connectivity index (χ1n) is 4.89. The number of hydrogen-bond donors (Lipinski definition) is 0. The van der Waals surface area contributed by atoms with Crippen LogP contribution in [0.4, 0.5) is 0 Å². The van der Waals surface area contributed by atoms with E-state index in [1.54, 1.807) is 6.20 Å². The number of rotatable bonds is 2. The number of hydrogen-bond acceptors (Lipinski definition) is 1. The van der Waals surface area contributed by atoms with Gasteiger partial charge >= 0.3 is 0 Å². The van der Waals surface area contributed by atoms with Gasteiger partial charge in [0.15, 0.2) is 0 Å². The quantitative estimate of drug-likeness (QED) is 0.814. The van der Waals surface area contributed by atoms with Crippen LogP contribution in [-0.2, 0) is 6.54 Å². The summed E-state index contributed by atoms with van der Waals surface area (Å²) >= 11 is 3.39. The van der Waals surface area contributed by atoms with Gasteiger partial charge in [0.25, 0.3) is 0 Å². The van der Waals surface area contributed by atoms with Crippen LogP contribution in [0, 0.1) is 13.8 Å². The topological polar surface area (TPSA) is 17.8 Å². The standard InChI is InChI=1S/C12H13BrN2/c1-9-3-4-11(5-10(9)2)7-15-8-12(13)6-14-15/h3-6,8H,7H2,1-2H3. The average molecular weight is 265 g/mol. The summed E-state index contributed by atoms with van der Waals surface area (Å²) < 4.78 is 2.94. The van der Waals surface area contributed by atoms with E-state index in [-0.39, 0.29) is 0 Å². The Morgan fingerprint density at radius 1 is 1.27 bits per heavy atom. The monoisotopic (exact) mass is 264 g/mol. The predicted molar refractivity (Wildman–Crippen MR) is 64.9 cm³/mol. The largest absolute Gasteiger partial charge is 0.267 e. The van der Waals surface area contributed by atoms with Gasteiger partial charge in [0.2, 0.25) is 0 Å². The van der Waals surface area contributed by atoms with E-state index in [9.17, 15) is 0 Å². The number of halogens is 1. The summed E-state index contributed by atoms with van der Waals surface area (Å²) in [5.74, 6) is 0. The first-order valence-corrected chi connectivity index (χ1v) is 5.68. The lowest BCUT2D eigenvalue weighted by atomic mass is 10.1. The maximum absolute atomic E-state index is 4.23. The van der Waals surface area contributed by atoms with Gasteiger partial charge in [-0.3, -0.25) is 4.68 Å². The van der Waals surface area contributed by atoms with Crippen molar-refractivity contribution in [2.24, 2.45) is 0 Å². The van der Waals surface area contributed by atoms with Crippen LogP contribution in [0.25, 0.3) is 0 Å². The van der Waals surface area contributed by atoms with Gasteiger partial charge in [-0.25, -0.2) is 0 Å². The maximum Gasteiger partial charge on any atom is 0.0659 e. The van der Waals surface area contributed by atoms with E-state index < -0.39 is 0 Å². The second-order valence-electron chi connectivity index (χ2n) is 3.77. The van der Waals surface area contributed by atoms with Crippen molar-refractivity contribution in [2.75, 3.05) is 0 Å². The normalized spacial score (nSPS) is 10.6. The van der Waals surface area contributed by atoms with Crippen LogP contribution in [0.2, 0.25) is 0 Å². The fourth-order valence-corrected chi connectivity index (χ4v) is 1.84. The molecule has 0 N–H and O–H groups in total. The van der Waals surface area contributed by atoms with Crippen molar-refractivity contribution in [3.05, 3.63) is 51.8 Å². The van der Waals surface area contributed by atoms with Gasteiger partial charge in [0.1, 0.15) is 0 Å². The van der Waals surface area contributed by atoms with Gasteiger partial charge in [0, 0.05) is 6.20 Å². The number of aryl methyl sites for hydroxylation is 2. The summed E-state index contributed by atoms with van der Waals surface area (Å²) in [5.41, 5.74) is 3.95. The molecule has 0 spiro atoms. The second-order valence-corrected chi connectivity index (χ2v) is 4.69. The second kappa shape index (κ2) is 4.19. The lowest BCUT2D eigenvalue weighted by molar-refractivity contribution is 0.686. The highest BCUT2D eigenvalue weighted by Crippen LogP contribution is 2.12. The summed E-state index contributed by atoms with van der Waals surface area (Å²) in [6.07, 6.45) is 3.79. The number of benzene rings is 1. The van der Waals surface area contributed by atoms with Crippen LogP contribution in [0.1, 0.15) is 16.7 Å². The molecule has 0 saturated carbocycles. The molecular weight excluding hydrogens is 252 g/mol. The molecule has 1 aromatic heterocycles. The molecule has 0 aliphatic carbocycles. The number of aromatic nitrogens is 2. The van der Waals surface area contributed by atoms with E-state index in [2.05, 4.69) is 53.1 Å². The van der Waals surface area contributed by atoms with Crippen LogP contribution in [0.3, 0.4) is 0 Å². The molecule has 2 nitrogen and oxygen atoms in total. The highest BCUT2D eigenvalue weighted by atomic mass is 79.9. The third-order valence-electron chi connectivity index (χ3n) is 2.52. The van der Waals surface area contributed by atoms with Gasteiger partial charge < -0.3 is 0 Å². The van der Waals surface area contributed by atoms with E-state index in [0.29, 0.717) is 0 Å². The Balaban J connectivity index is 2.21. The Morgan fingerprint density at radius 2 is 2.07 bits per heavy atom. The Bertz CT molecular complexity index is 474. The van der Waals surface area contributed by atoms with Crippen LogP contribution in [0.5, 0.6) is 0 Å². The summed E-state index contributed by atoms with van der Waals surface area (Å²) in [4.78, 5) is 0. The minimum absolute atomic E-state index is 0.826. The van der Waals surface area contributed by atoms with Crippen molar-refractivity contribution >= 4 is 15.9 Å². The van der Waals surface area contributed by atoms with Crippen LogP contribution >= 0.6 is 15.9 Å². The van der Waals surface area contributed by atoms with Crippen molar-refractivity contribution in [2.45, 2.75) is 20.4 Å². The predicted octanol–water partition coefficient (Wildman–Crippen LogP) is 3.31. The molecule has 0 aliphatic heterocycles. The fraction of sp³-hybridized carbons (Fsp3) is 0.250. The molecule has 3 heteroatoms. The smallest absolute Gasteiger partial charge is 0.0659 e. The summed E-state index contributed by atoms with van der Waals surface area (Å²) in [6, 6.07) is 6.52. The molecule has 2 rings (SSSR count). The molecule has 78 valence electrons. The highest BCUT2D eigenvalue weighted by molar-refractivity contribution is 9.10. The molecule has 0 aliphatic rings. The zero-order valence-electron chi connectivity index (χ0n) is 8.87. The van der Waals surface area contributed by atoms with Crippen molar-refractivity contribution in [3.63, 3.8) is 0 Å². The van der Waals surface area contributed by atoms with E-state index in [1.807, 2.05) is 10.9 Å². The van der Waals surface area contributed by atoms with Crippen LogP contribution in [-0.4, -0.2) is 9.78 Å². The van der Waals surface area contributed by atoms with Gasteiger partial charge in [-0.1, -0.05) is 18.2 Å². The van der Waals surface area contributed by atoms with Gasteiger partial charge in [-0.2, -0.15) is 5.10 Å². The fourth-order valence-electron chi connectivity index (χ4n) is 1.51. The molecule has 1 aromatic carbocycles. The zero-order valence-corrected chi connectivity index (χ0v) is 10.5. The highest BCUT2D eigenvalue weighted by Gasteiger charge is 1.99. The molecule has 2 aromatic rings. The Morgan fingerprint density at radius 3 is 2.67 bits per heavy atom. The van der Waals surface area contributed by atoms with Gasteiger partial charge in [-0.05, 0) is 46.5 Å². The van der Waals surface area contributed by atoms with Crippen molar-refractivity contribution in [3.8, 4) is 0 Å². The molecule has 15 heavy (non-hydrogen) atoms. The minimum Gasteiger partial charge on any atom is -0.267 e. The molecule has 0 saturated heterocycles. The molecule has 0 fully saturated rings. The molecule has 0 radical (unpaired) electrons. The first-order chi connectivity index (χ1) is 7.15. The molecule has 0 unspecified atom stereocenters. The zero-order chi connectivity index (χ0) is 10.8. The van der Waals surface area contributed by atoms with Gasteiger partial charge in [0.05, 0.1) is 17.2 Å². The first kappa shape index (κ1) is 10.4. The summed E-state index contributed by atoms with van der Waals surface area (Å²) in [5, 5.41) is 4.23. The average Bonchev–Trinajstić information content (AvgIpc) is 2.58. The van der Waals surface area contributed by atoms with Crippen molar-refractivity contribution in [1.29, 1.82) is 0 Å². The molecular formula is C12H13BrN2. The Kier molecular flexibility index (Phi) is 2.91. The third kappa shape index (κ3) is 2.48. The lowest BCUT2D eigenvalue weighted by Gasteiger charge is -2.05. The maximum atomic E-state index is 4.23. The van der Waals surface area contributed by atoms with E-state index >= 15 is 0 Å². The van der Waals surface area contributed by atoms with Crippen molar-refractivity contribution < 1.29 is 0 Å². The molecule has 0 bridgehead atoms. The van der Waals surface area contributed by atoms with Gasteiger partial charge in [-0.15, -0.1) is 0 Å². The van der Waals surface area contributed by atoms with Crippen LogP contribution in [0.15, 0.2) is 35.1 Å². The SMILES string of the molecule is Cc1ccc(Cn2cc(Br)cn2)cc1C. The number of nitrogens with zero attached hydrogens (tertiary/aromatic N) is 2. The molecule has 0 amide bonds. The Labute approximate surface area is 98.1 Å². The van der Waals surface area contributed by atoms with Crippen molar-refractivity contribution in [1.82, 2.24) is 9.78 Å². The van der Waals surface area contributed by atoms with Crippen LogP contribution < -0.4 is 0 Å². The lowest BCUT2D eigenvalue weighted by Crippen LogP contribution is -2.00. The van der Waals surface area contributed by atoms with E-state index in [1.165, 1.54) is 16.7 Å². The molecule has 1 heterocycles. The van der Waals surface area contributed by atoms with E-state index in [0.717, 1.165) is 11.0 Å². The summed E-state index contributed by atoms with van der Waals surface area (Å²) in [6.45, 7) is 5.09. The Hall–Kier alpha value is -1.09. The molecule has 0 atom stereocenters. The summed E-state index contributed by atoms with van der Waals surface area (Å²) in [7, 11) is 0.